The lowest BCUT2D eigenvalue weighted by Gasteiger charge is -2.38. The third-order valence-corrected chi connectivity index (χ3v) is 5.47. The van der Waals surface area contributed by atoms with Crippen LogP contribution in [0, 0.1) is 5.92 Å². The lowest BCUT2D eigenvalue weighted by Crippen LogP contribution is -2.48. The number of nitrogens with zero attached hydrogens (tertiary/aromatic N) is 1. The third-order valence-electron chi connectivity index (χ3n) is 5.47. The van der Waals surface area contributed by atoms with Gasteiger partial charge in [-0.3, -0.25) is 9.59 Å². The van der Waals surface area contributed by atoms with E-state index in [4.69, 9.17) is 0 Å². The minimum atomic E-state index is -5.07. The number of amides is 1. The highest BCUT2D eigenvalue weighted by Gasteiger charge is 2.40. The smallest absolute Gasteiger partial charge is 0.416 e. The number of carboxylic acid groups (broad SMARTS) is 1. The molecule has 0 aliphatic carbocycles. The number of carbonyl (C=O) groups excluding carboxylic acids is 1. The first-order valence-corrected chi connectivity index (χ1v) is 9.73. The van der Waals surface area contributed by atoms with Gasteiger partial charge in [-0.1, -0.05) is 30.3 Å². The number of hydrogen-bond acceptors (Lipinski definition) is 2. The number of alkyl halides is 6. The average molecular weight is 459 g/mol. The van der Waals surface area contributed by atoms with E-state index in [1.54, 1.807) is 30.3 Å². The Bertz CT molecular complexity index is 955. The second-order valence-corrected chi connectivity index (χ2v) is 7.70. The zero-order chi connectivity index (χ0) is 23.7. The van der Waals surface area contributed by atoms with Crippen molar-refractivity contribution in [3.8, 4) is 0 Å². The molecular formula is C22H19F6NO3. The second-order valence-electron chi connectivity index (χ2n) is 7.70. The molecule has 1 amide bonds. The van der Waals surface area contributed by atoms with Crippen LogP contribution >= 0.6 is 0 Å². The Morgan fingerprint density at radius 1 is 0.938 bits per heavy atom. The van der Waals surface area contributed by atoms with Crippen LogP contribution in [0.5, 0.6) is 0 Å². The molecule has 32 heavy (non-hydrogen) atoms. The fourth-order valence-corrected chi connectivity index (χ4v) is 3.87. The number of piperidine rings is 1. The van der Waals surface area contributed by atoms with Crippen LogP contribution in [0.4, 0.5) is 26.3 Å². The first kappa shape index (κ1) is 23.6. The van der Waals surface area contributed by atoms with Crippen molar-refractivity contribution in [3.05, 3.63) is 70.8 Å². The van der Waals surface area contributed by atoms with E-state index < -0.39 is 52.9 Å². The summed E-state index contributed by atoms with van der Waals surface area (Å²) in [7, 11) is 0. The predicted octanol–water partition coefficient (Wildman–Crippen LogP) is 5.27. The molecule has 10 heteroatoms. The van der Waals surface area contributed by atoms with Gasteiger partial charge in [0, 0.05) is 18.2 Å². The van der Waals surface area contributed by atoms with Crippen LogP contribution in [0.15, 0.2) is 48.5 Å². The molecule has 2 aromatic carbocycles. The topological polar surface area (TPSA) is 57.6 Å². The molecule has 1 fully saturated rings. The summed E-state index contributed by atoms with van der Waals surface area (Å²) in [5.41, 5.74) is -3.12. The highest BCUT2D eigenvalue weighted by atomic mass is 19.4. The van der Waals surface area contributed by atoms with Gasteiger partial charge < -0.3 is 10.0 Å². The molecule has 1 heterocycles. The molecule has 4 nitrogen and oxygen atoms in total. The number of halogens is 6. The molecular weight excluding hydrogens is 440 g/mol. The van der Waals surface area contributed by atoms with Gasteiger partial charge in [0.15, 0.2) is 0 Å². The molecule has 2 unspecified atom stereocenters. The van der Waals surface area contributed by atoms with Gasteiger partial charge >= 0.3 is 18.3 Å². The van der Waals surface area contributed by atoms with E-state index in [2.05, 4.69) is 0 Å². The molecule has 0 bridgehead atoms. The molecule has 1 N–H and O–H groups in total. The number of carbonyl (C=O) groups is 2. The summed E-state index contributed by atoms with van der Waals surface area (Å²) in [6, 6.07) is 8.81. The van der Waals surface area contributed by atoms with Crippen molar-refractivity contribution >= 4 is 11.9 Å². The summed E-state index contributed by atoms with van der Waals surface area (Å²) in [6.07, 6.45) is -9.83. The third kappa shape index (κ3) is 5.41. The monoisotopic (exact) mass is 459 g/mol. The second kappa shape index (κ2) is 8.84. The van der Waals surface area contributed by atoms with Crippen LogP contribution in [0.1, 0.15) is 39.9 Å². The number of rotatable bonds is 4. The Morgan fingerprint density at radius 3 is 2.00 bits per heavy atom. The number of benzene rings is 2. The normalized spacial score (nSPS) is 19.6. The standard InChI is InChI=1S/C22H19F6NO3/c23-21(24,25)16-9-15(10-17(12-16)22(26,27)28)19(30)29-7-6-14(20(31)32)11-18(29)8-13-4-2-1-3-5-13/h1-5,9-10,12,14,18H,6-8,11H2,(H,31,32). The summed E-state index contributed by atoms with van der Waals surface area (Å²) >= 11 is 0. The van der Waals surface area contributed by atoms with Crippen molar-refractivity contribution in [3.63, 3.8) is 0 Å². The summed E-state index contributed by atoms with van der Waals surface area (Å²) in [4.78, 5) is 25.7. The Morgan fingerprint density at radius 2 is 1.50 bits per heavy atom. The molecule has 1 aliphatic rings. The van der Waals surface area contributed by atoms with Crippen LogP contribution in [-0.2, 0) is 23.6 Å². The van der Waals surface area contributed by atoms with Crippen molar-refractivity contribution in [2.45, 2.75) is 37.7 Å². The summed E-state index contributed by atoms with van der Waals surface area (Å²) in [5, 5.41) is 9.36. The van der Waals surface area contributed by atoms with E-state index >= 15 is 0 Å². The van der Waals surface area contributed by atoms with Crippen molar-refractivity contribution in [1.29, 1.82) is 0 Å². The first-order chi connectivity index (χ1) is 14.9. The van der Waals surface area contributed by atoms with E-state index in [0.717, 1.165) is 5.56 Å². The Labute approximate surface area is 179 Å². The van der Waals surface area contributed by atoms with Crippen molar-refractivity contribution in [2.75, 3.05) is 6.54 Å². The first-order valence-electron chi connectivity index (χ1n) is 9.73. The molecule has 0 saturated carbocycles. The fourth-order valence-electron chi connectivity index (χ4n) is 3.87. The molecule has 1 aliphatic heterocycles. The van der Waals surface area contributed by atoms with Crippen molar-refractivity contribution in [1.82, 2.24) is 4.90 Å². The van der Waals surface area contributed by atoms with Gasteiger partial charge in [-0.15, -0.1) is 0 Å². The zero-order valence-corrected chi connectivity index (χ0v) is 16.6. The van der Waals surface area contributed by atoms with Crippen LogP contribution in [0.25, 0.3) is 0 Å². The quantitative estimate of drug-likeness (QED) is 0.634. The van der Waals surface area contributed by atoms with E-state index in [-0.39, 0.29) is 31.9 Å². The van der Waals surface area contributed by atoms with E-state index in [1.807, 2.05) is 0 Å². The highest BCUT2D eigenvalue weighted by molar-refractivity contribution is 5.95. The summed E-state index contributed by atoms with van der Waals surface area (Å²) in [6.45, 7) is -0.0924. The molecule has 0 aromatic heterocycles. The molecule has 0 spiro atoms. The van der Waals surface area contributed by atoms with Crippen LogP contribution < -0.4 is 0 Å². The minimum Gasteiger partial charge on any atom is -0.481 e. The molecule has 0 radical (unpaired) electrons. The largest absolute Gasteiger partial charge is 0.481 e. The van der Waals surface area contributed by atoms with Crippen molar-refractivity contribution < 1.29 is 41.0 Å². The van der Waals surface area contributed by atoms with Gasteiger partial charge in [0.25, 0.3) is 5.91 Å². The van der Waals surface area contributed by atoms with Gasteiger partial charge in [-0.25, -0.2) is 0 Å². The fraction of sp³-hybridized carbons (Fsp3) is 0.364. The van der Waals surface area contributed by atoms with Gasteiger partial charge in [0.05, 0.1) is 17.0 Å². The lowest BCUT2D eigenvalue weighted by atomic mass is 9.87. The molecule has 1 saturated heterocycles. The molecule has 172 valence electrons. The van der Waals surface area contributed by atoms with E-state index in [0.29, 0.717) is 12.1 Å². The SMILES string of the molecule is O=C(O)C1CCN(C(=O)c2cc(C(F)(F)F)cc(C(F)(F)F)c2)C(Cc2ccccc2)C1. The van der Waals surface area contributed by atoms with Gasteiger partial charge in [-0.2, -0.15) is 26.3 Å². The maximum Gasteiger partial charge on any atom is 0.416 e. The number of hydrogen-bond donors (Lipinski definition) is 1. The van der Waals surface area contributed by atoms with Gasteiger partial charge in [-0.05, 0) is 43.0 Å². The van der Waals surface area contributed by atoms with E-state index in [1.165, 1.54) is 4.90 Å². The van der Waals surface area contributed by atoms with Gasteiger partial charge in [0.1, 0.15) is 0 Å². The predicted molar refractivity (Wildman–Crippen MR) is 102 cm³/mol. The summed E-state index contributed by atoms with van der Waals surface area (Å²) < 4.78 is 79.1. The molecule has 2 aromatic rings. The molecule has 3 rings (SSSR count). The van der Waals surface area contributed by atoms with Crippen LogP contribution in [-0.4, -0.2) is 34.5 Å². The number of carboxylic acids is 1. The van der Waals surface area contributed by atoms with E-state index in [9.17, 15) is 41.0 Å². The average Bonchev–Trinajstić information content (AvgIpc) is 2.72. The maximum atomic E-state index is 13.2. The molecule has 2 atom stereocenters. The number of aliphatic carboxylic acids is 1. The summed E-state index contributed by atoms with van der Waals surface area (Å²) in [5.74, 6) is -2.82. The van der Waals surface area contributed by atoms with Crippen LogP contribution in [0.2, 0.25) is 0 Å². The highest BCUT2D eigenvalue weighted by Crippen LogP contribution is 2.37. The number of likely N-dealkylation sites (tertiary alicyclic amines) is 1. The van der Waals surface area contributed by atoms with Crippen molar-refractivity contribution in [2.24, 2.45) is 5.92 Å². The van der Waals surface area contributed by atoms with Crippen LogP contribution in [0.3, 0.4) is 0 Å². The maximum absolute atomic E-state index is 13.2. The zero-order valence-electron chi connectivity index (χ0n) is 16.6. The Balaban J connectivity index is 1.98. The Hall–Kier alpha value is -3.04. The minimum absolute atomic E-state index is 0.0328. The van der Waals surface area contributed by atoms with Gasteiger partial charge in [0.2, 0.25) is 0 Å². The Kier molecular flexibility index (Phi) is 6.52. The lowest BCUT2D eigenvalue weighted by molar-refractivity contribution is -0.145.